The second-order valence-electron chi connectivity index (χ2n) is 6.81. The Balaban J connectivity index is 1.92. The third kappa shape index (κ3) is 3.61. The first kappa shape index (κ1) is 21.6. The molecule has 0 fully saturated rings. The van der Waals surface area contributed by atoms with Crippen molar-refractivity contribution in [3.05, 3.63) is 70.6 Å². The van der Waals surface area contributed by atoms with Crippen molar-refractivity contribution in [3.8, 4) is 0 Å². The molecule has 2 aromatic carbocycles. The first-order valence-corrected chi connectivity index (χ1v) is 8.64. The zero-order valence-electron chi connectivity index (χ0n) is 15.2. The predicted octanol–water partition coefficient (Wildman–Crippen LogP) is 5.03. The van der Waals surface area contributed by atoms with Crippen LogP contribution in [-0.2, 0) is 23.4 Å². The van der Waals surface area contributed by atoms with Gasteiger partial charge in [-0.1, -0.05) is 36.4 Å². The third-order valence-corrected chi connectivity index (χ3v) is 4.93. The molecule has 1 aliphatic heterocycles. The number of carbonyl (C=O) groups is 1. The van der Waals surface area contributed by atoms with E-state index in [9.17, 15) is 36.2 Å². The summed E-state index contributed by atoms with van der Waals surface area (Å²) < 4.78 is 78.0. The van der Waals surface area contributed by atoms with Gasteiger partial charge in [0.15, 0.2) is 5.69 Å². The minimum Gasteiger partial charge on any atom is -0.369 e. The monoisotopic (exact) mass is 428 g/mol. The van der Waals surface area contributed by atoms with Crippen LogP contribution < -0.4 is 4.90 Å². The fraction of sp³-hybridized carbons (Fsp3) is 0.300. The SMILES string of the molecule is [C-]#[N+]c1ccc2c(c1)CCC(=O)N2Cc1ccc(C(O)(C(F)(F)F)C(F)(F)F)cc1. The van der Waals surface area contributed by atoms with E-state index >= 15 is 0 Å². The summed E-state index contributed by atoms with van der Waals surface area (Å²) >= 11 is 0. The number of aliphatic hydroxyl groups is 1. The molecule has 0 unspecified atom stereocenters. The van der Waals surface area contributed by atoms with Gasteiger partial charge in [-0.05, 0) is 23.6 Å². The number of rotatable bonds is 3. The highest BCUT2D eigenvalue weighted by molar-refractivity contribution is 5.96. The van der Waals surface area contributed by atoms with Crippen molar-refractivity contribution in [2.45, 2.75) is 37.3 Å². The first-order chi connectivity index (χ1) is 13.9. The highest BCUT2D eigenvalue weighted by Gasteiger charge is 2.71. The zero-order valence-corrected chi connectivity index (χ0v) is 15.2. The van der Waals surface area contributed by atoms with Gasteiger partial charge >= 0.3 is 12.4 Å². The molecule has 1 N–H and O–H groups in total. The molecule has 0 aromatic heterocycles. The molecule has 0 saturated carbocycles. The Hall–Kier alpha value is -3.06. The lowest BCUT2D eigenvalue weighted by Gasteiger charge is -2.33. The van der Waals surface area contributed by atoms with Crippen molar-refractivity contribution < 1.29 is 36.2 Å². The maximum absolute atomic E-state index is 13.0. The largest absolute Gasteiger partial charge is 0.430 e. The summed E-state index contributed by atoms with van der Waals surface area (Å²) in [7, 11) is 0. The van der Waals surface area contributed by atoms with Crippen molar-refractivity contribution in [2.24, 2.45) is 0 Å². The van der Waals surface area contributed by atoms with Gasteiger partial charge in [0.25, 0.3) is 5.60 Å². The fourth-order valence-electron chi connectivity index (χ4n) is 3.31. The van der Waals surface area contributed by atoms with E-state index < -0.39 is 23.5 Å². The van der Waals surface area contributed by atoms with Crippen LogP contribution in [0.5, 0.6) is 0 Å². The van der Waals surface area contributed by atoms with Crippen LogP contribution in [0.3, 0.4) is 0 Å². The highest BCUT2D eigenvalue weighted by atomic mass is 19.4. The van der Waals surface area contributed by atoms with Crippen molar-refractivity contribution >= 4 is 17.3 Å². The first-order valence-electron chi connectivity index (χ1n) is 8.64. The smallest absolute Gasteiger partial charge is 0.369 e. The number of amides is 1. The minimum atomic E-state index is -5.96. The molecule has 158 valence electrons. The molecular formula is C20H14F6N2O2. The number of anilines is 1. The quantitative estimate of drug-likeness (QED) is 0.551. The molecule has 0 radical (unpaired) electrons. The number of fused-ring (bicyclic) bond motifs is 1. The van der Waals surface area contributed by atoms with Gasteiger partial charge in [-0.2, -0.15) is 26.3 Å². The van der Waals surface area contributed by atoms with E-state index in [-0.39, 0.29) is 24.4 Å². The molecule has 1 aliphatic rings. The third-order valence-electron chi connectivity index (χ3n) is 4.93. The van der Waals surface area contributed by atoms with Gasteiger partial charge in [0.05, 0.1) is 13.1 Å². The maximum Gasteiger partial charge on any atom is 0.430 e. The van der Waals surface area contributed by atoms with E-state index in [2.05, 4.69) is 4.85 Å². The normalized spacial score (nSPS) is 15.0. The number of hydrogen-bond donors (Lipinski definition) is 1. The second kappa shape index (κ2) is 7.32. The van der Waals surface area contributed by atoms with Gasteiger partial charge in [-0.25, -0.2) is 4.85 Å². The summed E-state index contributed by atoms with van der Waals surface area (Å²) in [6.45, 7) is 6.97. The van der Waals surface area contributed by atoms with Crippen LogP contribution in [0.2, 0.25) is 0 Å². The molecule has 0 bridgehead atoms. The number of alkyl halides is 6. The maximum atomic E-state index is 13.0. The molecule has 0 saturated heterocycles. The molecule has 2 aromatic rings. The molecule has 3 rings (SSSR count). The molecular weight excluding hydrogens is 414 g/mol. The Morgan fingerprint density at radius 2 is 1.57 bits per heavy atom. The van der Waals surface area contributed by atoms with E-state index in [1.165, 1.54) is 11.0 Å². The number of nitrogens with zero attached hydrogens (tertiary/aromatic N) is 2. The van der Waals surface area contributed by atoms with Gasteiger partial charge in [0, 0.05) is 17.7 Å². The Labute approximate surface area is 167 Å². The van der Waals surface area contributed by atoms with Crippen LogP contribution in [0, 0.1) is 6.57 Å². The minimum absolute atomic E-state index is 0.0834. The number of carbonyl (C=O) groups excluding carboxylic acids is 1. The van der Waals surface area contributed by atoms with Crippen molar-refractivity contribution in [3.63, 3.8) is 0 Å². The van der Waals surface area contributed by atoms with E-state index in [1.807, 2.05) is 0 Å². The Morgan fingerprint density at radius 1 is 0.967 bits per heavy atom. The highest BCUT2D eigenvalue weighted by Crippen LogP contribution is 2.50. The Bertz CT molecular complexity index is 992. The summed E-state index contributed by atoms with van der Waals surface area (Å²) in [5.41, 5.74) is -4.40. The summed E-state index contributed by atoms with van der Waals surface area (Å²) in [5.74, 6) is -0.260. The lowest BCUT2D eigenvalue weighted by molar-refractivity contribution is -0.376. The number of hydrogen-bond acceptors (Lipinski definition) is 2. The Morgan fingerprint density at radius 3 is 2.10 bits per heavy atom. The molecule has 0 atom stereocenters. The lowest BCUT2D eigenvalue weighted by atomic mass is 9.91. The van der Waals surface area contributed by atoms with Gasteiger partial charge in [0.1, 0.15) is 0 Å². The van der Waals surface area contributed by atoms with Crippen LogP contribution in [0.15, 0.2) is 42.5 Å². The Kier molecular flexibility index (Phi) is 5.28. The zero-order chi connectivity index (χ0) is 22.3. The molecule has 0 spiro atoms. The van der Waals surface area contributed by atoms with Crippen molar-refractivity contribution in [1.29, 1.82) is 0 Å². The average molecular weight is 428 g/mol. The fourth-order valence-corrected chi connectivity index (χ4v) is 3.31. The van der Waals surface area contributed by atoms with Crippen LogP contribution in [-0.4, -0.2) is 23.4 Å². The van der Waals surface area contributed by atoms with E-state index in [1.54, 1.807) is 12.1 Å². The summed E-state index contributed by atoms with van der Waals surface area (Å²) in [6.07, 6.45) is -11.3. The van der Waals surface area contributed by atoms with Gasteiger partial charge in [0.2, 0.25) is 5.91 Å². The van der Waals surface area contributed by atoms with Gasteiger partial charge in [-0.15, -0.1) is 0 Å². The van der Waals surface area contributed by atoms with Crippen LogP contribution in [0.4, 0.5) is 37.7 Å². The van der Waals surface area contributed by atoms with Crippen LogP contribution in [0.1, 0.15) is 23.1 Å². The van der Waals surface area contributed by atoms with E-state index in [0.29, 0.717) is 29.9 Å². The lowest BCUT2D eigenvalue weighted by Crippen LogP contribution is -2.53. The number of aryl methyl sites for hydroxylation is 1. The molecule has 1 heterocycles. The predicted molar refractivity (Wildman–Crippen MR) is 94.7 cm³/mol. The summed E-state index contributed by atoms with van der Waals surface area (Å²) in [5, 5.41) is 9.45. The standard InChI is InChI=1S/C20H14F6N2O2/c1-27-15-7-8-16-13(10-15)4-9-17(29)28(16)11-12-2-5-14(6-3-12)18(30,19(21,22)23)20(24,25)26/h2-3,5-8,10,30H,4,9,11H2. The van der Waals surface area contributed by atoms with Gasteiger partial charge in [-0.3, -0.25) is 4.79 Å². The van der Waals surface area contributed by atoms with Crippen molar-refractivity contribution in [2.75, 3.05) is 4.90 Å². The van der Waals surface area contributed by atoms with Crippen LogP contribution in [0.25, 0.3) is 4.85 Å². The number of halogens is 6. The second-order valence-corrected chi connectivity index (χ2v) is 6.81. The van der Waals surface area contributed by atoms with Gasteiger partial charge < -0.3 is 10.0 Å². The molecule has 30 heavy (non-hydrogen) atoms. The molecule has 10 heteroatoms. The van der Waals surface area contributed by atoms with E-state index in [0.717, 1.165) is 17.7 Å². The topological polar surface area (TPSA) is 44.9 Å². The summed E-state index contributed by atoms with van der Waals surface area (Å²) in [4.78, 5) is 17.0. The number of benzene rings is 2. The van der Waals surface area contributed by atoms with Crippen molar-refractivity contribution in [1.82, 2.24) is 0 Å². The van der Waals surface area contributed by atoms with Crippen LogP contribution >= 0.6 is 0 Å². The summed E-state index contributed by atoms with van der Waals surface area (Å²) in [6, 6.07) is 7.85. The molecule has 1 amide bonds. The average Bonchev–Trinajstić information content (AvgIpc) is 2.68. The van der Waals surface area contributed by atoms with E-state index in [4.69, 9.17) is 6.57 Å². The molecule has 4 nitrogen and oxygen atoms in total. The molecule has 0 aliphatic carbocycles.